The summed E-state index contributed by atoms with van der Waals surface area (Å²) in [6, 6.07) is 0. The molecule has 0 saturated heterocycles. The molecule has 0 unspecified atom stereocenters. The van der Waals surface area contributed by atoms with Crippen molar-refractivity contribution < 1.29 is 14.6 Å². The van der Waals surface area contributed by atoms with Crippen molar-refractivity contribution in [2.75, 3.05) is 13.7 Å². The predicted octanol–water partition coefficient (Wildman–Crippen LogP) is 1.86. The first-order valence-electron chi connectivity index (χ1n) is 4.07. The minimum absolute atomic E-state index is 0.181. The van der Waals surface area contributed by atoms with Gasteiger partial charge >= 0.3 is 5.97 Å². The van der Waals surface area contributed by atoms with Crippen molar-refractivity contribution in [2.45, 2.75) is 12.8 Å². The third-order valence-electron chi connectivity index (χ3n) is 1.94. The lowest BCUT2D eigenvalue weighted by Gasteiger charge is -2.25. The quantitative estimate of drug-likeness (QED) is 0.614. The fourth-order valence-corrected chi connectivity index (χ4v) is 1.27. The van der Waals surface area contributed by atoms with Gasteiger partial charge < -0.3 is 9.84 Å². The van der Waals surface area contributed by atoms with Crippen LogP contribution in [0.5, 0.6) is 0 Å². The lowest BCUT2D eigenvalue weighted by atomic mass is 9.82. The van der Waals surface area contributed by atoms with Crippen LogP contribution in [0.1, 0.15) is 12.8 Å². The maximum absolute atomic E-state index is 11.0. The molecule has 0 fully saturated rings. The molecule has 74 valence electrons. The first-order chi connectivity index (χ1) is 6.13. The van der Waals surface area contributed by atoms with Gasteiger partial charge in [-0.15, -0.1) is 13.2 Å². The molecule has 0 aromatic rings. The van der Waals surface area contributed by atoms with Crippen molar-refractivity contribution in [1.29, 1.82) is 0 Å². The van der Waals surface area contributed by atoms with E-state index in [2.05, 4.69) is 13.2 Å². The molecular formula is C10H16O3. The van der Waals surface area contributed by atoms with Crippen LogP contribution in [-0.2, 0) is 9.53 Å². The number of rotatable bonds is 7. The molecule has 0 bridgehead atoms. The molecule has 0 aromatic heterocycles. The van der Waals surface area contributed by atoms with Crippen molar-refractivity contribution in [3.05, 3.63) is 25.3 Å². The molecule has 0 heterocycles. The molecule has 0 aromatic carbocycles. The first kappa shape index (κ1) is 11.9. The van der Waals surface area contributed by atoms with Crippen LogP contribution < -0.4 is 0 Å². The van der Waals surface area contributed by atoms with E-state index in [0.29, 0.717) is 12.8 Å². The number of ether oxygens (including phenoxy) is 1. The van der Waals surface area contributed by atoms with E-state index in [9.17, 15) is 4.79 Å². The van der Waals surface area contributed by atoms with Gasteiger partial charge in [0.15, 0.2) is 0 Å². The Morgan fingerprint density at radius 2 is 1.92 bits per heavy atom. The van der Waals surface area contributed by atoms with Gasteiger partial charge in [-0.3, -0.25) is 4.79 Å². The number of carboxylic acid groups (broad SMARTS) is 1. The molecular weight excluding hydrogens is 168 g/mol. The van der Waals surface area contributed by atoms with Crippen molar-refractivity contribution in [3.63, 3.8) is 0 Å². The second-order valence-corrected chi connectivity index (χ2v) is 3.00. The van der Waals surface area contributed by atoms with E-state index in [1.807, 2.05) is 0 Å². The topological polar surface area (TPSA) is 46.5 Å². The monoisotopic (exact) mass is 184 g/mol. The summed E-state index contributed by atoms with van der Waals surface area (Å²) in [7, 11) is 1.49. The SMILES string of the molecule is C=CCC(CC=C)(COC)C(=O)O. The van der Waals surface area contributed by atoms with Gasteiger partial charge in [0.2, 0.25) is 0 Å². The number of carboxylic acids is 1. The highest BCUT2D eigenvalue weighted by Gasteiger charge is 2.35. The second-order valence-electron chi connectivity index (χ2n) is 3.00. The molecule has 0 radical (unpaired) electrons. The molecule has 0 amide bonds. The van der Waals surface area contributed by atoms with E-state index in [4.69, 9.17) is 9.84 Å². The number of hydrogen-bond acceptors (Lipinski definition) is 2. The van der Waals surface area contributed by atoms with Crippen LogP contribution in [0.2, 0.25) is 0 Å². The van der Waals surface area contributed by atoms with Gasteiger partial charge in [0, 0.05) is 7.11 Å². The third-order valence-corrected chi connectivity index (χ3v) is 1.94. The number of allylic oxidation sites excluding steroid dienone is 2. The van der Waals surface area contributed by atoms with Gasteiger partial charge in [0.05, 0.1) is 12.0 Å². The largest absolute Gasteiger partial charge is 0.481 e. The summed E-state index contributed by atoms with van der Waals surface area (Å²) >= 11 is 0. The van der Waals surface area contributed by atoms with Gasteiger partial charge in [-0.25, -0.2) is 0 Å². The molecule has 0 aliphatic rings. The Morgan fingerprint density at radius 3 is 2.15 bits per heavy atom. The zero-order valence-corrected chi connectivity index (χ0v) is 7.95. The van der Waals surface area contributed by atoms with Crippen LogP contribution in [0, 0.1) is 5.41 Å². The normalized spacial score (nSPS) is 10.8. The summed E-state index contributed by atoms with van der Waals surface area (Å²) < 4.78 is 4.90. The maximum Gasteiger partial charge on any atom is 0.312 e. The van der Waals surface area contributed by atoms with Crippen molar-refractivity contribution in [1.82, 2.24) is 0 Å². The third kappa shape index (κ3) is 3.03. The number of aliphatic carboxylic acids is 1. The molecule has 0 atom stereocenters. The van der Waals surface area contributed by atoms with Crippen LogP contribution in [0.15, 0.2) is 25.3 Å². The summed E-state index contributed by atoms with van der Waals surface area (Å²) in [6.45, 7) is 7.26. The van der Waals surface area contributed by atoms with Crippen molar-refractivity contribution >= 4 is 5.97 Å². The van der Waals surface area contributed by atoms with Crippen molar-refractivity contribution in [3.8, 4) is 0 Å². The number of carbonyl (C=O) groups is 1. The lowest BCUT2D eigenvalue weighted by Crippen LogP contribution is -2.34. The maximum atomic E-state index is 11.0. The minimum Gasteiger partial charge on any atom is -0.481 e. The van der Waals surface area contributed by atoms with Crippen LogP contribution >= 0.6 is 0 Å². The van der Waals surface area contributed by atoms with Gasteiger partial charge in [-0.05, 0) is 12.8 Å². The smallest absolute Gasteiger partial charge is 0.312 e. The highest BCUT2D eigenvalue weighted by atomic mass is 16.5. The van der Waals surface area contributed by atoms with Crippen molar-refractivity contribution in [2.24, 2.45) is 5.41 Å². The van der Waals surface area contributed by atoms with Gasteiger partial charge in [0.25, 0.3) is 0 Å². The summed E-state index contributed by atoms with van der Waals surface area (Å²) in [4.78, 5) is 11.0. The molecule has 0 aliphatic carbocycles. The van der Waals surface area contributed by atoms with Gasteiger partial charge in [-0.1, -0.05) is 12.2 Å². The van der Waals surface area contributed by atoms with Gasteiger partial charge in [-0.2, -0.15) is 0 Å². The zero-order valence-electron chi connectivity index (χ0n) is 7.95. The van der Waals surface area contributed by atoms with Crippen LogP contribution in [-0.4, -0.2) is 24.8 Å². The summed E-state index contributed by atoms with van der Waals surface area (Å²) in [5.41, 5.74) is -0.891. The van der Waals surface area contributed by atoms with Gasteiger partial charge in [0.1, 0.15) is 0 Å². The Kier molecular flexibility index (Phi) is 5.07. The van der Waals surface area contributed by atoms with Crippen LogP contribution in [0.3, 0.4) is 0 Å². The Hall–Kier alpha value is -1.09. The van der Waals surface area contributed by atoms with E-state index in [1.54, 1.807) is 12.2 Å². The standard InChI is InChI=1S/C10H16O3/c1-4-6-10(7-5-2,8-13-3)9(11)12/h4-5H,1-2,6-8H2,3H3,(H,11,12). The molecule has 13 heavy (non-hydrogen) atoms. The van der Waals surface area contributed by atoms with E-state index in [-0.39, 0.29) is 6.61 Å². The summed E-state index contributed by atoms with van der Waals surface area (Å²) in [5.74, 6) is -0.867. The molecule has 0 aliphatic heterocycles. The first-order valence-corrected chi connectivity index (χ1v) is 4.07. The highest BCUT2D eigenvalue weighted by molar-refractivity contribution is 5.75. The minimum atomic E-state index is -0.891. The van der Waals surface area contributed by atoms with E-state index < -0.39 is 11.4 Å². The molecule has 3 nitrogen and oxygen atoms in total. The lowest BCUT2D eigenvalue weighted by molar-refractivity contribution is -0.152. The summed E-state index contributed by atoms with van der Waals surface area (Å²) in [5, 5.41) is 9.04. The van der Waals surface area contributed by atoms with Crippen LogP contribution in [0.25, 0.3) is 0 Å². The molecule has 0 rings (SSSR count). The molecule has 0 saturated carbocycles. The van der Waals surface area contributed by atoms with E-state index in [1.165, 1.54) is 7.11 Å². The predicted molar refractivity (Wildman–Crippen MR) is 51.6 cm³/mol. The van der Waals surface area contributed by atoms with E-state index in [0.717, 1.165) is 0 Å². The Balaban J connectivity index is 4.66. The molecule has 1 N–H and O–H groups in total. The fourth-order valence-electron chi connectivity index (χ4n) is 1.27. The Morgan fingerprint density at radius 1 is 1.46 bits per heavy atom. The average molecular weight is 184 g/mol. The molecule has 0 spiro atoms. The Labute approximate surface area is 78.7 Å². The van der Waals surface area contributed by atoms with E-state index >= 15 is 0 Å². The summed E-state index contributed by atoms with van der Waals surface area (Å²) in [6.07, 6.45) is 3.97. The fraction of sp³-hybridized carbons (Fsp3) is 0.500. The zero-order chi connectivity index (χ0) is 10.3. The highest BCUT2D eigenvalue weighted by Crippen LogP contribution is 2.28. The number of hydrogen-bond donors (Lipinski definition) is 1. The Bertz CT molecular complexity index is 186. The van der Waals surface area contributed by atoms with Crippen LogP contribution in [0.4, 0.5) is 0 Å². The number of methoxy groups -OCH3 is 1. The average Bonchev–Trinajstić information content (AvgIpc) is 2.05. The molecule has 3 heteroatoms. The second kappa shape index (κ2) is 5.54.